The lowest BCUT2D eigenvalue weighted by atomic mass is 10.1. The molecule has 0 aliphatic rings. The third-order valence-electron chi connectivity index (χ3n) is 3.31. The minimum absolute atomic E-state index is 0.417. The van der Waals surface area contributed by atoms with Crippen molar-refractivity contribution in [1.82, 2.24) is 4.98 Å². The Kier molecular flexibility index (Phi) is 3.31. The van der Waals surface area contributed by atoms with E-state index in [0.29, 0.717) is 28.0 Å². The van der Waals surface area contributed by atoms with Crippen molar-refractivity contribution in [1.29, 1.82) is 10.5 Å². The molecule has 22 heavy (non-hydrogen) atoms. The molecule has 1 aromatic heterocycles. The Hall–Kier alpha value is -3.57. The molecule has 3 aromatic rings. The fraction of sp³-hybridized carbons (Fsp3) is 0. The lowest BCUT2D eigenvalue weighted by Crippen LogP contribution is -1.98. The predicted octanol–water partition coefficient (Wildman–Crippen LogP) is 3.30. The van der Waals surface area contributed by atoms with Crippen LogP contribution in [0.25, 0.3) is 10.9 Å². The number of hydrogen-bond donors (Lipinski definition) is 2. The molecule has 5 nitrogen and oxygen atoms in total. The van der Waals surface area contributed by atoms with Crippen LogP contribution in [0.4, 0.5) is 17.1 Å². The van der Waals surface area contributed by atoms with Gasteiger partial charge in [-0.2, -0.15) is 10.5 Å². The van der Waals surface area contributed by atoms with E-state index in [1.165, 1.54) is 6.20 Å². The predicted molar refractivity (Wildman–Crippen MR) is 85.3 cm³/mol. The fourth-order valence-electron chi connectivity index (χ4n) is 2.28. The third-order valence-corrected chi connectivity index (χ3v) is 3.31. The second-order valence-corrected chi connectivity index (χ2v) is 4.72. The van der Waals surface area contributed by atoms with Gasteiger partial charge < -0.3 is 11.1 Å². The smallest absolute Gasteiger partial charge is 0.103 e. The first kappa shape index (κ1) is 13.4. The van der Waals surface area contributed by atoms with Crippen molar-refractivity contribution in [2.24, 2.45) is 0 Å². The Bertz CT molecular complexity index is 947. The van der Waals surface area contributed by atoms with Crippen LogP contribution in [0, 0.1) is 22.7 Å². The average molecular weight is 285 g/mol. The van der Waals surface area contributed by atoms with Crippen LogP contribution in [0.5, 0.6) is 0 Å². The molecular weight excluding hydrogens is 274 g/mol. The van der Waals surface area contributed by atoms with Gasteiger partial charge in [0.05, 0.1) is 34.1 Å². The molecule has 0 unspecified atom stereocenters. The van der Waals surface area contributed by atoms with E-state index >= 15 is 0 Å². The number of para-hydroxylation sites is 1. The zero-order valence-corrected chi connectivity index (χ0v) is 11.5. The van der Waals surface area contributed by atoms with Crippen LogP contribution in [0.1, 0.15) is 11.1 Å². The van der Waals surface area contributed by atoms with Gasteiger partial charge in [-0.05, 0) is 24.3 Å². The molecule has 5 heteroatoms. The number of rotatable bonds is 2. The van der Waals surface area contributed by atoms with E-state index in [4.69, 9.17) is 11.0 Å². The van der Waals surface area contributed by atoms with Crippen molar-refractivity contribution in [3.8, 4) is 12.1 Å². The van der Waals surface area contributed by atoms with Crippen molar-refractivity contribution in [2.45, 2.75) is 0 Å². The summed E-state index contributed by atoms with van der Waals surface area (Å²) in [4.78, 5) is 4.25. The van der Waals surface area contributed by atoms with Gasteiger partial charge in [0, 0.05) is 17.3 Å². The number of pyridine rings is 1. The molecule has 0 bridgehead atoms. The number of nitrogens with zero attached hydrogens (tertiary/aromatic N) is 3. The van der Waals surface area contributed by atoms with E-state index in [1.807, 2.05) is 18.2 Å². The first-order chi connectivity index (χ1) is 10.7. The van der Waals surface area contributed by atoms with Crippen LogP contribution in [0.3, 0.4) is 0 Å². The number of nitrogens with one attached hydrogen (secondary N) is 1. The molecule has 0 radical (unpaired) electrons. The number of aromatic nitrogens is 1. The second kappa shape index (κ2) is 5.43. The van der Waals surface area contributed by atoms with Crippen molar-refractivity contribution < 1.29 is 0 Å². The number of nitriles is 2. The normalized spacial score (nSPS) is 9.91. The van der Waals surface area contributed by atoms with Gasteiger partial charge in [0.1, 0.15) is 6.07 Å². The summed E-state index contributed by atoms with van der Waals surface area (Å²) in [6.45, 7) is 0. The minimum Gasteiger partial charge on any atom is -0.397 e. The summed E-state index contributed by atoms with van der Waals surface area (Å²) < 4.78 is 0. The summed E-state index contributed by atoms with van der Waals surface area (Å²) in [6, 6.07) is 16.7. The van der Waals surface area contributed by atoms with Gasteiger partial charge in [-0.15, -0.1) is 0 Å². The summed E-state index contributed by atoms with van der Waals surface area (Å²) >= 11 is 0. The highest BCUT2D eigenvalue weighted by molar-refractivity contribution is 6.00. The molecule has 3 rings (SSSR count). The molecule has 1 heterocycles. The van der Waals surface area contributed by atoms with E-state index in [1.54, 1.807) is 24.3 Å². The van der Waals surface area contributed by atoms with Crippen molar-refractivity contribution >= 4 is 28.0 Å². The maximum Gasteiger partial charge on any atom is 0.103 e. The lowest BCUT2D eigenvalue weighted by molar-refractivity contribution is 1.36. The van der Waals surface area contributed by atoms with Crippen LogP contribution in [0.15, 0.2) is 48.7 Å². The van der Waals surface area contributed by atoms with Gasteiger partial charge in [-0.1, -0.05) is 18.2 Å². The van der Waals surface area contributed by atoms with Crippen LogP contribution in [0.2, 0.25) is 0 Å². The van der Waals surface area contributed by atoms with Gasteiger partial charge in [0.15, 0.2) is 0 Å². The van der Waals surface area contributed by atoms with Crippen LogP contribution < -0.4 is 11.1 Å². The van der Waals surface area contributed by atoms with Crippen LogP contribution in [-0.4, -0.2) is 4.98 Å². The molecule has 0 aliphatic carbocycles. The fourth-order valence-corrected chi connectivity index (χ4v) is 2.28. The standard InChI is InChI=1S/C17H11N5/c18-8-11-3-1-4-13(7-11)22-16-12(9-19)10-21-17-14(16)5-2-6-15(17)20/h1-7,10H,20H2,(H,21,22). The molecule has 0 spiro atoms. The van der Waals surface area contributed by atoms with Gasteiger partial charge >= 0.3 is 0 Å². The Morgan fingerprint density at radius 1 is 1.05 bits per heavy atom. The Labute approximate surface area is 127 Å². The highest BCUT2D eigenvalue weighted by Crippen LogP contribution is 2.31. The molecule has 3 N–H and O–H groups in total. The Morgan fingerprint density at radius 3 is 2.64 bits per heavy atom. The molecule has 0 fully saturated rings. The Morgan fingerprint density at radius 2 is 1.86 bits per heavy atom. The molecule has 0 amide bonds. The summed E-state index contributed by atoms with van der Waals surface area (Å²) in [7, 11) is 0. The average Bonchev–Trinajstić information content (AvgIpc) is 2.56. The highest BCUT2D eigenvalue weighted by atomic mass is 14.9. The summed E-state index contributed by atoms with van der Waals surface area (Å²) in [6.07, 6.45) is 1.50. The van der Waals surface area contributed by atoms with Gasteiger partial charge in [-0.3, -0.25) is 4.98 Å². The monoisotopic (exact) mass is 285 g/mol. The SMILES string of the molecule is N#Cc1cccc(Nc2c(C#N)cnc3c(N)cccc23)c1. The molecule has 0 saturated carbocycles. The van der Waals surface area contributed by atoms with Crippen molar-refractivity contribution in [3.63, 3.8) is 0 Å². The van der Waals surface area contributed by atoms with Crippen LogP contribution in [-0.2, 0) is 0 Å². The van der Waals surface area contributed by atoms with Gasteiger partial charge in [-0.25, -0.2) is 0 Å². The molecule has 0 atom stereocenters. The second-order valence-electron chi connectivity index (χ2n) is 4.72. The molecular formula is C17H11N5. The molecule has 0 aliphatic heterocycles. The topological polar surface area (TPSA) is 98.5 Å². The van der Waals surface area contributed by atoms with Gasteiger partial charge in [0.25, 0.3) is 0 Å². The zero-order chi connectivity index (χ0) is 15.5. The number of nitrogen functional groups attached to an aromatic ring is 1. The molecule has 2 aromatic carbocycles. The van der Waals surface area contributed by atoms with E-state index < -0.39 is 0 Å². The highest BCUT2D eigenvalue weighted by Gasteiger charge is 2.11. The molecule has 104 valence electrons. The summed E-state index contributed by atoms with van der Waals surface area (Å²) in [5.41, 5.74) is 9.45. The van der Waals surface area contributed by atoms with E-state index in [2.05, 4.69) is 22.4 Å². The number of benzene rings is 2. The number of fused-ring (bicyclic) bond motifs is 1. The number of hydrogen-bond acceptors (Lipinski definition) is 5. The Balaban J connectivity index is 2.19. The lowest BCUT2D eigenvalue weighted by Gasteiger charge is -2.12. The largest absolute Gasteiger partial charge is 0.397 e. The molecule has 0 saturated heterocycles. The zero-order valence-electron chi connectivity index (χ0n) is 11.5. The summed E-state index contributed by atoms with van der Waals surface area (Å²) in [5.74, 6) is 0. The van der Waals surface area contributed by atoms with Crippen LogP contribution >= 0.6 is 0 Å². The summed E-state index contributed by atoms with van der Waals surface area (Å²) in [5, 5.41) is 22.3. The number of nitrogens with two attached hydrogens (primary N) is 1. The quantitative estimate of drug-likeness (QED) is 0.704. The number of anilines is 3. The first-order valence-corrected chi connectivity index (χ1v) is 6.57. The van der Waals surface area contributed by atoms with Crippen molar-refractivity contribution in [2.75, 3.05) is 11.1 Å². The van der Waals surface area contributed by atoms with Gasteiger partial charge in [0.2, 0.25) is 0 Å². The van der Waals surface area contributed by atoms with E-state index in [9.17, 15) is 5.26 Å². The maximum absolute atomic E-state index is 9.31. The van der Waals surface area contributed by atoms with E-state index in [-0.39, 0.29) is 0 Å². The first-order valence-electron chi connectivity index (χ1n) is 6.57. The van der Waals surface area contributed by atoms with Crippen molar-refractivity contribution in [3.05, 3.63) is 59.8 Å². The minimum atomic E-state index is 0.417. The third kappa shape index (κ3) is 2.28. The van der Waals surface area contributed by atoms with E-state index in [0.717, 1.165) is 11.1 Å². The maximum atomic E-state index is 9.31.